The van der Waals surface area contributed by atoms with Crippen molar-refractivity contribution < 1.29 is 19.0 Å². The van der Waals surface area contributed by atoms with Gasteiger partial charge >= 0.3 is 5.97 Å². The number of benzene rings is 1. The molecule has 0 heterocycles. The minimum absolute atomic E-state index is 0.139. The molecular formula is C16H18BrFO3. The van der Waals surface area contributed by atoms with Crippen molar-refractivity contribution in [1.29, 1.82) is 0 Å². The molecule has 0 amide bonds. The van der Waals surface area contributed by atoms with E-state index in [1.165, 1.54) is 12.1 Å². The molecule has 2 fully saturated rings. The normalized spacial score (nSPS) is 21.0. The van der Waals surface area contributed by atoms with Crippen LogP contribution in [0.4, 0.5) is 4.39 Å². The zero-order chi connectivity index (χ0) is 15.0. The third-order valence-corrected chi connectivity index (χ3v) is 5.04. The van der Waals surface area contributed by atoms with Crippen molar-refractivity contribution in [2.45, 2.75) is 56.5 Å². The van der Waals surface area contributed by atoms with Crippen LogP contribution < -0.4 is 4.74 Å². The zero-order valence-electron chi connectivity index (χ0n) is 11.7. The number of halogens is 2. The molecule has 1 N–H and O–H groups in total. The first-order valence-corrected chi connectivity index (χ1v) is 8.22. The molecule has 0 atom stereocenters. The summed E-state index contributed by atoms with van der Waals surface area (Å²) in [6, 6.07) is 2.70. The highest BCUT2D eigenvalue weighted by atomic mass is 79.9. The van der Waals surface area contributed by atoms with Crippen molar-refractivity contribution in [3.05, 3.63) is 28.0 Å². The fourth-order valence-electron chi connectivity index (χ4n) is 3.14. The summed E-state index contributed by atoms with van der Waals surface area (Å²) in [5, 5.41) is 9.80. The summed E-state index contributed by atoms with van der Waals surface area (Å²) in [5.74, 6) is -0.783. The Morgan fingerprint density at radius 1 is 1.29 bits per heavy atom. The van der Waals surface area contributed by atoms with Gasteiger partial charge in [-0.3, -0.25) is 4.79 Å². The number of rotatable bonds is 4. The molecule has 0 bridgehead atoms. The largest absolute Gasteiger partial charge is 0.489 e. The molecule has 2 aliphatic carbocycles. The molecule has 114 valence electrons. The molecule has 5 heteroatoms. The molecular weight excluding hydrogens is 339 g/mol. The first-order chi connectivity index (χ1) is 10.0. The van der Waals surface area contributed by atoms with E-state index in [1.807, 2.05) is 0 Å². The molecule has 0 aliphatic heterocycles. The second kappa shape index (κ2) is 5.59. The maximum atomic E-state index is 13.9. The van der Waals surface area contributed by atoms with Gasteiger partial charge in [0.25, 0.3) is 0 Å². The minimum Gasteiger partial charge on any atom is -0.489 e. The Balaban J connectivity index is 2.10. The number of carboxylic acid groups (broad SMARTS) is 1. The van der Waals surface area contributed by atoms with Gasteiger partial charge in [-0.1, -0.05) is 19.3 Å². The van der Waals surface area contributed by atoms with E-state index in [2.05, 4.69) is 15.9 Å². The monoisotopic (exact) mass is 356 g/mol. The Morgan fingerprint density at radius 2 is 1.95 bits per heavy atom. The summed E-state index contributed by atoms with van der Waals surface area (Å²) in [7, 11) is 0. The molecule has 0 radical (unpaired) electrons. The molecule has 0 aromatic heterocycles. The summed E-state index contributed by atoms with van der Waals surface area (Å²) in [6.07, 6.45) is 5.90. The van der Waals surface area contributed by atoms with Crippen LogP contribution in [0.15, 0.2) is 16.6 Å². The van der Waals surface area contributed by atoms with Crippen LogP contribution >= 0.6 is 15.9 Å². The molecule has 0 saturated heterocycles. The molecule has 2 aliphatic rings. The number of hydrogen-bond donors (Lipinski definition) is 1. The van der Waals surface area contributed by atoms with E-state index in [0.717, 1.165) is 32.1 Å². The van der Waals surface area contributed by atoms with Crippen molar-refractivity contribution in [3.8, 4) is 5.75 Å². The molecule has 1 aromatic rings. The maximum Gasteiger partial charge on any atom is 0.314 e. The van der Waals surface area contributed by atoms with E-state index in [1.54, 1.807) is 0 Å². The van der Waals surface area contributed by atoms with E-state index < -0.39 is 17.2 Å². The Labute approximate surface area is 131 Å². The topological polar surface area (TPSA) is 46.5 Å². The lowest BCUT2D eigenvalue weighted by Crippen LogP contribution is -2.38. The van der Waals surface area contributed by atoms with E-state index in [9.17, 15) is 14.3 Å². The molecule has 2 saturated carbocycles. The third kappa shape index (κ3) is 2.80. The van der Waals surface area contributed by atoms with Crippen LogP contribution in [0.2, 0.25) is 0 Å². The molecule has 3 rings (SSSR count). The Kier molecular flexibility index (Phi) is 3.95. The predicted octanol–water partition coefficient (Wildman–Crippen LogP) is 4.42. The average Bonchev–Trinajstić information content (AvgIpc) is 3.26. The lowest BCUT2D eigenvalue weighted by Gasteiger charge is -2.35. The van der Waals surface area contributed by atoms with E-state index >= 15 is 0 Å². The van der Waals surface area contributed by atoms with Crippen LogP contribution in [0.3, 0.4) is 0 Å². The van der Waals surface area contributed by atoms with Gasteiger partial charge in [0.15, 0.2) is 0 Å². The van der Waals surface area contributed by atoms with Crippen molar-refractivity contribution >= 4 is 21.9 Å². The summed E-state index contributed by atoms with van der Waals surface area (Å²) < 4.78 is 20.3. The van der Waals surface area contributed by atoms with Gasteiger partial charge in [0.2, 0.25) is 0 Å². The lowest BCUT2D eigenvalue weighted by atomic mass is 9.69. The second-order valence-corrected chi connectivity index (χ2v) is 6.88. The van der Waals surface area contributed by atoms with E-state index in [-0.39, 0.29) is 6.10 Å². The lowest BCUT2D eigenvalue weighted by molar-refractivity contribution is -0.145. The number of ether oxygens (including phenoxy) is 1. The smallest absolute Gasteiger partial charge is 0.314 e. The SMILES string of the molecule is O=C(O)C1(c2cc(F)cc(Br)c2OC2CC2)CCCCC1. The van der Waals surface area contributed by atoms with Gasteiger partial charge in [-0.2, -0.15) is 0 Å². The Hall–Kier alpha value is -1.10. The highest BCUT2D eigenvalue weighted by molar-refractivity contribution is 9.10. The van der Waals surface area contributed by atoms with Crippen molar-refractivity contribution in [2.75, 3.05) is 0 Å². The number of carboxylic acids is 1. The summed E-state index contributed by atoms with van der Waals surface area (Å²) in [4.78, 5) is 12.0. The van der Waals surface area contributed by atoms with Gasteiger partial charge in [-0.05, 0) is 53.7 Å². The Bertz CT molecular complexity index is 563. The van der Waals surface area contributed by atoms with E-state index in [0.29, 0.717) is 28.6 Å². The van der Waals surface area contributed by atoms with Gasteiger partial charge in [0.1, 0.15) is 11.6 Å². The third-order valence-electron chi connectivity index (χ3n) is 4.45. The van der Waals surface area contributed by atoms with Gasteiger partial charge in [0.05, 0.1) is 16.0 Å². The second-order valence-electron chi connectivity index (χ2n) is 6.03. The van der Waals surface area contributed by atoms with Crippen LogP contribution in [-0.4, -0.2) is 17.2 Å². The van der Waals surface area contributed by atoms with Gasteiger partial charge in [-0.15, -0.1) is 0 Å². The average molecular weight is 357 g/mol. The maximum absolute atomic E-state index is 13.9. The first kappa shape index (κ1) is 14.8. The fourth-order valence-corrected chi connectivity index (χ4v) is 3.67. The molecule has 0 spiro atoms. The summed E-state index contributed by atoms with van der Waals surface area (Å²) in [6.45, 7) is 0. The van der Waals surface area contributed by atoms with Crippen LogP contribution in [-0.2, 0) is 10.2 Å². The molecule has 21 heavy (non-hydrogen) atoms. The van der Waals surface area contributed by atoms with Crippen LogP contribution in [0, 0.1) is 5.82 Å². The van der Waals surface area contributed by atoms with Crippen molar-refractivity contribution in [2.24, 2.45) is 0 Å². The number of carbonyl (C=O) groups is 1. The standard InChI is InChI=1S/C16H18BrFO3/c17-13-9-10(18)8-12(14(13)21-11-4-5-11)16(15(19)20)6-2-1-3-7-16/h8-9,11H,1-7H2,(H,19,20). The van der Waals surface area contributed by atoms with Gasteiger partial charge in [0, 0.05) is 5.56 Å². The highest BCUT2D eigenvalue weighted by Crippen LogP contribution is 2.47. The van der Waals surface area contributed by atoms with E-state index in [4.69, 9.17) is 4.74 Å². The molecule has 3 nitrogen and oxygen atoms in total. The minimum atomic E-state index is -1.02. The summed E-state index contributed by atoms with van der Waals surface area (Å²) in [5.41, 5.74) is -0.527. The Morgan fingerprint density at radius 3 is 2.52 bits per heavy atom. The molecule has 1 aromatic carbocycles. The fraction of sp³-hybridized carbons (Fsp3) is 0.562. The zero-order valence-corrected chi connectivity index (χ0v) is 13.3. The molecule has 0 unspecified atom stereocenters. The van der Waals surface area contributed by atoms with Crippen molar-refractivity contribution in [1.82, 2.24) is 0 Å². The van der Waals surface area contributed by atoms with Crippen LogP contribution in [0.25, 0.3) is 0 Å². The highest BCUT2D eigenvalue weighted by Gasteiger charge is 2.44. The predicted molar refractivity (Wildman–Crippen MR) is 80.1 cm³/mol. The summed E-state index contributed by atoms with van der Waals surface area (Å²) >= 11 is 3.34. The van der Waals surface area contributed by atoms with Crippen LogP contribution in [0.5, 0.6) is 5.75 Å². The number of hydrogen-bond acceptors (Lipinski definition) is 2. The van der Waals surface area contributed by atoms with Crippen molar-refractivity contribution in [3.63, 3.8) is 0 Å². The van der Waals surface area contributed by atoms with Gasteiger partial charge in [-0.25, -0.2) is 4.39 Å². The number of aliphatic carboxylic acids is 1. The van der Waals surface area contributed by atoms with Crippen LogP contribution in [0.1, 0.15) is 50.5 Å². The quantitative estimate of drug-likeness (QED) is 0.868. The first-order valence-electron chi connectivity index (χ1n) is 7.42. The van der Waals surface area contributed by atoms with Gasteiger partial charge < -0.3 is 9.84 Å².